The molecule has 0 saturated carbocycles. The quantitative estimate of drug-likeness (QED) is 0.626. The van der Waals surface area contributed by atoms with Crippen molar-refractivity contribution in [3.8, 4) is 11.6 Å². The second-order valence-corrected chi connectivity index (χ2v) is 8.79. The molecule has 1 aromatic carbocycles. The van der Waals surface area contributed by atoms with Gasteiger partial charge >= 0.3 is 6.03 Å². The number of carbonyl (C=O) groups excluding carboxylic acids is 2. The normalized spacial score (nSPS) is 18.8. The number of fused-ring (bicyclic) bond motifs is 1. The zero-order chi connectivity index (χ0) is 25.5. The number of urea groups is 1. The second-order valence-electron chi connectivity index (χ2n) is 8.79. The van der Waals surface area contributed by atoms with Gasteiger partial charge in [-0.2, -0.15) is 0 Å². The van der Waals surface area contributed by atoms with E-state index >= 15 is 0 Å². The molecule has 3 amide bonds. The number of allylic oxidation sites excluding steroid dienone is 1. The average molecular weight is 483 g/mol. The number of hydrogen-bond donors (Lipinski definition) is 2. The van der Waals surface area contributed by atoms with Gasteiger partial charge in [-0.3, -0.25) is 4.79 Å². The maximum atomic E-state index is 13.4. The summed E-state index contributed by atoms with van der Waals surface area (Å²) in [5.41, 5.74) is 1.73. The fraction of sp³-hybridized carbons (Fsp3) is 0.423. The molecule has 2 heterocycles. The van der Waals surface area contributed by atoms with E-state index in [0.717, 1.165) is 5.56 Å². The number of carbonyl (C=O) groups is 2. The first kappa shape index (κ1) is 26.0. The number of nitrogens with zero attached hydrogens (tertiary/aromatic N) is 3. The SMILES string of the molecule is C/C=C/c1cnc2c(c1)C(=O)N([C@@H](C)CO)C[C@H](C)[C@H](CN(C)C(=O)Nc1cccc(OC)c1)O2. The smallest absolute Gasteiger partial charge is 0.321 e. The summed E-state index contributed by atoms with van der Waals surface area (Å²) < 4.78 is 11.5. The summed E-state index contributed by atoms with van der Waals surface area (Å²) in [7, 11) is 3.26. The molecule has 1 aliphatic heterocycles. The Kier molecular flexibility index (Phi) is 8.70. The van der Waals surface area contributed by atoms with Gasteiger partial charge in [0.2, 0.25) is 5.88 Å². The van der Waals surface area contributed by atoms with Crippen LogP contribution in [0.3, 0.4) is 0 Å². The number of aliphatic hydroxyl groups is 1. The van der Waals surface area contributed by atoms with Gasteiger partial charge in [0, 0.05) is 37.5 Å². The van der Waals surface area contributed by atoms with E-state index in [1.54, 1.807) is 62.5 Å². The summed E-state index contributed by atoms with van der Waals surface area (Å²) in [6.07, 6.45) is 4.94. The predicted molar refractivity (Wildman–Crippen MR) is 135 cm³/mol. The maximum absolute atomic E-state index is 13.4. The highest BCUT2D eigenvalue weighted by Crippen LogP contribution is 2.28. The molecule has 0 saturated heterocycles. The molecule has 3 rings (SSSR count). The van der Waals surface area contributed by atoms with Crippen LogP contribution < -0.4 is 14.8 Å². The molecule has 3 atom stereocenters. The number of methoxy groups -OCH3 is 1. The molecule has 0 bridgehead atoms. The number of anilines is 1. The molecule has 9 heteroatoms. The minimum absolute atomic E-state index is 0.134. The highest BCUT2D eigenvalue weighted by atomic mass is 16.5. The Bertz CT molecular complexity index is 1070. The Morgan fingerprint density at radius 3 is 2.89 bits per heavy atom. The molecule has 0 radical (unpaired) electrons. The Labute approximate surface area is 206 Å². The van der Waals surface area contributed by atoms with Crippen LogP contribution in [-0.4, -0.2) is 77.8 Å². The zero-order valence-corrected chi connectivity index (χ0v) is 20.9. The fourth-order valence-corrected chi connectivity index (χ4v) is 3.89. The van der Waals surface area contributed by atoms with Gasteiger partial charge in [0.1, 0.15) is 17.4 Å². The number of pyridine rings is 1. The molecule has 2 N–H and O–H groups in total. The van der Waals surface area contributed by atoms with Gasteiger partial charge in [0.15, 0.2) is 0 Å². The summed E-state index contributed by atoms with van der Waals surface area (Å²) in [4.78, 5) is 33.9. The van der Waals surface area contributed by atoms with E-state index in [1.165, 1.54) is 4.90 Å². The molecule has 0 fully saturated rings. The Morgan fingerprint density at radius 2 is 2.20 bits per heavy atom. The van der Waals surface area contributed by atoms with Crippen LogP contribution in [0.4, 0.5) is 10.5 Å². The van der Waals surface area contributed by atoms with Crippen molar-refractivity contribution in [3.63, 3.8) is 0 Å². The van der Waals surface area contributed by atoms with Crippen molar-refractivity contribution in [2.24, 2.45) is 5.92 Å². The summed E-state index contributed by atoms with van der Waals surface area (Å²) in [5, 5.41) is 12.6. The highest BCUT2D eigenvalue weighted by Gasteiger charge is 2.34. The van der Waals surface area contributed by atoms with Crippen LogP contribution in [0.25, 0.3) is 6.08 Å². The number of rotatable bonds is 7. The molecule has 0 aliphatic carbocycles. The third-order valence-electron chi connectivity index (χ3n) is 6.02. The molecule has 2 aromatic rings. The van der Waals surface area contributed by atoms with Gasteiger partial charge in [-0.25, -0.2) is 9.78 Å². The van der Waals surface area contributed by atoms with E-state index in [9.17, 15) is 14.7 Å². The predicted octanol–water partition coefficient (Wildman–Crippen LogP) is 3.51. The van der Waals surface area contributed by atoms with Crippen molar-refractivity contribution in [1.82, 2.24) is 14.8 Å². The molecule has 188 valence electrons. The number of aromatic nitrogens is 1. The van der Waals surface area contributed by atoms with Crippen molar-refractivity contribution >= 4 is 23.7 Å². The molecule has 35 heavy (non-hydrogen) atoms. The van der Waals surface area contributed by atoms with Gasteiger partial charge in [-0.15, -0.1) is 0 Å². The first-order valence-electron chi connectivity index (χ1n) is 11.6. The third kappa shape index (κ3) is 6.30. The third-order valence-corrected chi connectivity index (χ3v) is 6.02. The van der Waals surface area contributed by atoms with Gasteiger partial charge in [0.25, 0.3) is 5.91 Å². The van der Waals surface area contributed by atoms with E-state index in [-0.39, 0.29) is 42.9 Å². The monoisotopic (exact) mass is 482 g/mol. The maximum Gasteiger partial charge on any atom is 0.321 e. The highest BCUT2D eigenvalue weighted by molar-refractivity contribution is 5.97. The average Bonchev–Trinajstić information content (AvgIpc) is 2.86. The molecule has 9 nitrogen and oxygen atoms in total. The molecule has 1 aromatic heterocycles. The standard InChI is InChI=1S/C26H34N4O5/c1-6-8-19-11-22-24(27-13-19)35-23(17(2)14-30(25(22)32)18(3)16-31)15-29(4)26(33)28-20-9-7-10-21(12-20)34-5/h6-13,17-18,23,31H,14-16H2,1-5H3,(H,28,33)/b8-6+/t17-,18-,23-/m0/s1. The first-order valence-corrected chi connectivity index (χ1v) is 11.6. The number of likely N-dealkylation sites (N-methyl/N-ethyl adjacent to an activating group) is 1. The van der Waals surface area contributed by atoms with Gasteiger partial charge in [-0.1, -0.05) is 25.1 Å². The van der Waals surface area contributed by atoms with Crippen molar-refractivity contribution in [2.75, 3.05) is 39.2 Å². The van der Waals surface area contributed by atoms with Crippen LogP contribution in [0.2, 0.25) is 0 Å². The van der Waals surface area contributed by atoms with E-state index in [1.807, 2.05) is 26.0 Å². The Morgan fingerprint density at radius 1 is 1.43 bits per heavy atom. The van der Waals surface area contributed by atoms with Crippen LogP contribution in [0.15, 0.2) is 42.6 Å². The molecule has 1 aliphatic rings. The van der Waals surface area contributed by atoms with Gasteiger partial charge < -0.3 is 29.7 Å². The summed E-state index contributed by atoms with van der Waals surface area (Å²) in [6, 6.07) is 8.19. The minimum Gasteiger partial charge on any atom is -0.497 e. The lowest BCUT2D eigenvalue weighted by molar-refractivity contribution is 0.0356. The zero-order valence-electron chi connectivity index (χ0n) is 20.9. The molecule has 0 unspecified atom stereocenters. The van der Waals surface area contributed by atoms with E-state index in [0.29, 0.717) is 23.5 Å². The van der Waals surface area contributed by atoms with E-state index < -0.39 is 6.10 Å². The Balaban J connectivity index is 1.85. The molecular weight excluding hydrogens is 448 g/mol. The number of benzene rings is 1. The lowest BCUT2D eigenvalue weighted by Gasteiger charge is -2.37. The topological polar surface area (TPSA) is 104 Å². The summed E-state index contributed by atoms with van der Waals surface area (Å²) in [6.45, 7) is 6.12. The van der Waals surface area contributed by atoms with Crippen LogP contribution in [0.1, 0.15) is 36.7 Å². The largest absolute Gasteiger partial charge is 0.497 e. The number of nitrogens with one attached hydrogen (secondary N) is 1. The number of amides is 3. The lowest BCUT2D eigenvalue weighted by Crippen LogP contribution is -2.50. The van der Waals surface area contributed by atoms with E-state index in [2.05, 4.69) is 10.3 Å². The number of hydrogen-bond acceptors (Lipinski definition) is 6. The minimum atomic E-state index is -0.434. The number of ether oxygens (including phenoxy) is 2. The van der Waals surface area contributed by atoms with Crippen molar-refractivity contribution in [2.45, 2.75) is 32.9 Å². The first-order chi connectivity index (χ1) is 16.8. The van der Waals surface area contributed by atoms with Crippen LogP contribution in [-0.2, 0) is 0 Å². The summed E-state index contributed by atoms with van der Waals surface area (Å²) >= 11 is 0. The van der Waals surface area contributed by atoms with Crippen LogP contribution in [0.5, 0.6) is 11.6 Å². The molecular formula is C26H34N4O5. The summed E-state index contributed by atoms with van der Waals surface area (Å²) in [5.74, 6) is 0.488. The Hall–Kier alpha value is -3.59. The van der Waals surface area contributed by atoms with Crippen LogP contribution >= 0.6 is 0 Å². The fourth-order valence-electron chi connectivity index (χ4n) is 3.89. The number of aliphatic hydroxyl groups excluding tert-OH is 1. The van der Waals surface area contributed by atoms with Crippen molar-refractivity contribution < 1.29 is 24.2 Å². The van der Waals surface area contributed by atoms with Gasteiger partial charge in [0.05, 0.1) is 26.3 Å². The van der Waals surface area contributed by atoms with Crippen LogP contribution in [0, 0.1) is 5.92 Å². The van der Waals surface area contributed by atoms with Crippen molar-refractivity contribution in [1.29, 1.82) is 0 Å². The second kappa shape index (κ2) is 11.7. The lowest BCUT2D eigenvalue weighted by atomic mass is 10.00. The van der Waals surface area contributed by atoms with Gasteiger partial charge in [-0.05, 0) is 37.6 Å². The van der Waals surface area contributed by atoms with E-state index in [4.69, 9.17) is 9.47 Å². The molecule has 0 spiro atoms. The van der Waals surface area contributed by atoms with Crippen molar-refractivity contribution in [3.05, 3.63) is 53.7 Å².